The van der Waals surface area contributed by atoms with Gasteiger partial charge in [0.1, 0.15) is 0 Å². The molecule has 19 heavy (non-hydrogen) atoms. The van der Waals surface area contributed by atoms with Crippen molar-refractivity contribution in [2.24, 2.45) is 0 Å². The first-order valence-corrected chi connectivity index (χ1v) is 7.85. The summed E-state index contributed by atoms with van der Waals surface area (Å²) in [4.78, 5) is 0. The lowest BCUT2D eigenvalue weighted by Crippen LogP contribution is -2.27. The van der Waals surface area contributed by atoms with Crippen molar-refractivity contribution in [2.45, 2.75) is 26.4 Å². The van der Waals surface area contributed by atoms with E-state index in [1.54, 1.807) is 0 Å². The van der Waals surface area contributed by atoms with Crippen LogP contribution in [0.4, 0.5) is 0 Å². The summed E-state index contributed by atoms with van der Waals surface area (Å²) in [5, 5.41) is 10.8. The Labute approximate surface area is 119 Å². The third kappa shape index (κ3) is 4.11. The number of nitrogens with one attached hydrogen (secondary N) is 2. The molecule has 0 fully saturated rings. The van der Waals surface area contributed by atoms with Crippen molar-refractivity contribution in [3.63, 3.8) is 0 Å². The fraction of sp³-hybridized carbons (Fsp3) is 0.400. The molecular formula is C15H21N3S. The van der Waals surface area contributed by atoms with E-state index in [1.807, 2.05) is 36.2 Å². The SMILES string of the molecule is CCSCC(C)NCc1cn[nH]c1-c1ccccc1. The highest BCUT2D eigenvalue weighted by Crippen LogP contribution is 2.20. The maximum Gasteiger partial charge on any atom is 0.0695 e. The van der Waals surface area contributed by atoms with E-state index >= 15 is 0 Å². The van der Waals surface area contributed by atoms with Crippen molar-refractivity contribution in [3.8, 4) is 11.3 Å². The fourth-order valence-corrected chi connectivity index (χ4v) is 2.64. The largest absolute Gasteiger partial charge is 0.309 e. The van der Waals surface area contributed by atoms with E-state index in [4.69, 9.17) is 0 Å². The Kier molecular flexibility index (Phi) is 5.48. The molecule has 1 aromatic heterocycles. The van der Waals surface area contributed by atoms with E-state index in [1.165, 1.54) is 16.9 Å². The van der Waals surface area contributed by atoms with Crippen LogP contribution in [0.5, 0.6) is 0 Å². The molecule has 2 rings (SSSR count). The van der Waals surface area contributed by atoms with Gasteiger partial charge in [-0.05, 0) is 18.2 Å². The number of nitrogens with zero attached hydrogens (tertiary/aromatic N) is 1. The monoisotopic (exact) mass is 275 g/mol. The standard InChI is InChI=1S/C15H21N3S/c1-3-19-11-12(2)16-9-14-10-17-18-15(14)13-7-5-4-6-8-13/h4-8,10,12,16H,3,9,11H2,1-2H3,(H,17,18). The van der Waals surface area contributed by atoms with Crippen LogP contribution in [0.15, 0.2) is 36.5 Å². The molecule has 3 nitrogen and oxygen atoms in total. The molecule has 2 aromatic rings. The zero-order valence-electron chi connectivity index (χ0n) is 11.5. The highest BCUT2D eigenvalue weighted by molar-refractivity contribution is 7.99. The zero-order chi connectivity index (χ0) is 13.5. The zero-order valence-corrected chi connectivity index (χ0v) is 12.3. The van der Waals surface area contributed by atoms with Crippen LogP contribution in [0, 0.1) is 0 Å². The summed E-state index contributed by atoms with van der Waals surface area (Å²) in [6.07, 6.45) is 1.91. The predicted octanol–water partition coefficient (Wildman–Crippen LogP) is 3.31. The average Bonchev–Trinajstić information content (AvgIpc) is 2.92. The molecule has 1 atom stereocenters. The first-order valence-electron chi connectivity index (χ1n) is 6.70. The van der Waals surface area contributed by atoms with Crippen molar-refractivity contribution in [2.75, 3.05) is 11.5 Å². The summed E-state index contributed by atoms with van der Waals surface area (Å²) >= 11 is 1.97. The summed E-state index contributed by atoms with van der Waals surface area (Å²) in [6.45, 7) is 5.28. The summed E-state index contributed by atoms with van der Waals surface area (Å²) in [6, 6.07) is 10.9. The van der Waals surface area contributed by atoms with Gasteiger partial charge in [-0.3, -0.25) is 5.10 Å². The number of H-pyrrole nitrogens is 1. The van der Waals surface area contributed by atoms with Crippen molar-refractivity contribution in [3.05, 3.63) is 42.1 Å². The van der Waals surface area contributed by atoms with E-state index in [-0.39, 0.29) is 0 Å². The van der Waals surface area contributed by atoms with Crippen LogP contribution in [0.3, 0.4) is 0 Å². The maximum absolute atomic E-state index is 4.17. The van der Waals surface area contributed by atoms with Gasteiger partial charge in [0.15, 0.2) is 0 Å². The van der Waals surface area contributed by atoms with Gasteiger partial charge in [-0.15, -0.1) is 0 Å². The first-order chi connectivity index (χ1) is 9.31. The molecule has 4 heteroatoms. The number of aromatic amines is 1. The minimum atomic E-state index is 0.517. The second-order valence-corrected chi connectivity index (χ2v) is 5.90. The first kappa shape index (κ1) is 14.2. The molecule has 0 amide bonds. The Morgan fingerprint density at radius 3 is 2.84 bits per heavy atom. The number of rotatable bonds is 7. The lowest BCUT2D eigenvalue weighted by atomic mass is 10.1. The molecule has 0 aliphatic rings. The van der Waals surface area contributed by atoms with Crippen molar-refractivity contribution >= 4 is 11.8 Å². The van der Waals surface area contributed by atoms with Gasteiger partial charge in [-0.25, -0.2) is 0 Å². The molecule has 0 spiro atoms. The molecule has 1 aromatic carbocycles. The van der Waals surface area contributed by atoms with Gasteiger partial charge in [0.05, 0.1) is 11.9 Å². The minimum Gasteiger partial charge on any atom is -0.309 e. The van der Waals surface area contributed by atoms with Gasteiger partial charge >= 0.3 is 0 Å². The molecule has 0 saturated carbocycles. The Balaban J connectivity index is 1.97. The highest BCUT2D eigenvalue weighted by atomic mass is 32.2. The Hall–Kier alpha value is -1.26. The smallest absolute Gasteiger partial charge is 0.0695 e. The molecule has 0 radical (unpaired) electrons. The Morgan fingerprint density at radius 1 is 1.32 bits per heavy atom. The van der Waals surface area contributed by atoms with Crippen LogP contribution < -0.4 is 5.32 Å². The molecule has 0 aliphatic carbocycles. The van der Waals surface area contributed by atoms with Crippen LogP contribution in [-0.2, 0) is 6.54 Å². The normalized spacial score (nSPS) is 12.5. The van der Waals surface area contributed by atoms with Crippen LogP contribution in [0.2, 0.25) is 0 Å². The number of hydrogen-bond acceptors (Lipinski definition) is 3. The number of thioether (sulfide) groups is 1. The second kappa shape index (κ2) is 7.36. The summed E-state index contributed by atoms with van der Waals surface area (Å²) in [7, 11) is 0. The van der Waals surface area contributed by atoms with Crippen molar-refractivity contribution in [1.29, 1.82) is 0 Å². The quantitative estimate of drug-likeness (QED) is 0.814. The van der Waals surface area contributed by atoms with Gasteiger partial charge in [0.25, 0.3) is 0 Å². The third-order valence-electron chi connectivity index (χ3n) is 2.99. The molecule has 1 unspecified atom stereocenters. The third-order valence-corrected chi connectivity index (χ3v) is 4.14. The highest BCUT2D eigenvalue weighted by Gasteiger charge is 2.08. The number of hydrogen-bond donors (Lipinski definition) is 2. The molecule has 102 valence electrons. The fourth-order valence-electron chi connectivity index (χ4n) is 1.94. The Morgan fingerprint density at radius 2 is 2.11 bits per heavy atom. The van der Waals surface area contributed by atoms with Gasteiger partial charge in [0.2, 0.25) is 0 Å². The molecule has 1 heterocycles. The van der Waals surface area contributed by atoms with Crippen molar-refractivity contribution < 1.29 is 0 Å². The maximum atomic E-state index is 4.17. The summed E-state index contributed by atoms with van der Waals surface area (Å²) in [5.74, 6) is 2.32. The predicted molar refractivity (Wildman–Crippen MR) is 83.3 cm³/mol. The molecule has 2 N–H and O–H groups in total. The number of benzene rings is 1. The van der Waals surface area contributed by atoms with Crippen LogP contribution >= 0.6 is 11.8 Å². The van der Waals surface area contributed by atoms with Gasteiger partial charge in [-0.1, -0.05) is 37.3 Å². The Bertz CT molecular complexity index is 481. The summed E-state index contributed by atoms with van der Waals surface area (Å²) in [5.41, 5.74) is 3.52. The van der Waals surface area contributed by atoms with E-state index in [9.17, 15) is 0 Å². The van der Waals surface area contributed by atoms with Crippen molar-refractivity contribution in [1.82, 2.24) is 15.5 Å². The van der Waals surface area contributed by atoms with Gasteiger partial charge in [0, 0.05) is 23.9 Å². The van der Waals surface area contributed by atoms with Gasteiger partial charge < -0.3 is 5.32 Å². The molecule has 0 bridgehead atoms. The average molecular weight is 275 g/mol. The van der Waals surface area contributed by atoms with Gasteiger partial charge in [-0.2, -0.15) is 16.9 Å². The van der Waals surface area contributed by atoms with E-state index in [2.05, 4.69) is 41.5 Å². The molecular weight excluding hydrogens is 254 g/mol. The van der Waals surface area contributed by atoms with Crippen LogP contribution in [-0.4, -0.2) is 27.7 Å². The van der Waals surface area contributed by atoms with Crippen LogP contribution in [0.1, 0.15) is 19.4 Å². The van der Waals surface area contributed by atoms with Crippen LogP contribution in [0.25, 0.3) is 11.3 Å². The number of aromatic nitrogens is 2. The topological polar surface area (TPSA) is 40.7 Å². The minimum absolute atomic E-state index is 0.517. The molecule has 0 saturated heterocycles. The second-order valence-electron chi connectivity index (χ2n) is 4.58. The lowest BCUT2D eigenvalue weighted by molar-refractivity contribution is 0.596. The van der Waals surface area contributed by atoms with E-state index in [0.29, 0.717) is 6.04 Å². The lowest BCUT2D eigenvalue weighted by Gasteiger charge is -2.13. The van der Waals surface area contributed by atoms with E-state index in [0.717, 1.165) is 18.0 Å². The summed E-state index contributed by atoms with van der Waals surface area (Å²) < 4.78 is 0. The van der Waals surface area contributed by atoms with E-state index < -0.39 is 0 Å². The molecule has 0 aliphatic heterocycles.